The minimum absolute atomic E-state index is 0.285. The minimum Gasteiger partial charge on any atom is -0.497 e. The molecule has 0 aliphatic rings. The molecule has 0 saturated heterocycles. The summed E-state index contributed by atoms with van der Waals surface area (Å²) >= 11 is 3.51. The van der Waals surface area contributed by atoms with Crippen LogP contribution in [0.15, 0.2) is 65.1 Å². The Hall–Kier alpha value is -3.06. The number of likely N-dealkylation sites (N-methyl/N-ethyl adjacent to an activating group) is 1. The predicted molar refractivity (Wildman–Crippen MR) is 118 cm³/mol. The highest BCUT2D eigenvalue weighted by molar-refractivity contribution is 9.10. The van der Waals surface area contributed by atoms with E-state index in [0.29, 0.717) is 12.3 Å². The summed E-state index contributed by atoms with van der Waals surface area (Å²) in [5.41, 5.74) is 0.947. The number of amides is 1. The van der Waals surface area contributed by atoms with Crippen LogP contribution in [0.2, 0.25) is 0 Å². The molecule has 0 aliphatic heterocycles. The Morgan fingerprint density at radius 3 is 2.43 bits per heavy atom. The van der Waals surface area contributed by atoms with E-state index in [0.717, 1.165) is 26.6 Å². The van der Waals surface area contributed by atoms with E-state index in [-0.39, 0.29) is 19.1 Å². The molecule has 0 atom stereocenters. The van der Waals surface area contributed by atoms with Gasteiger partial charge in [-0.3, -0.25) is 4.79 Å². The van der Waals surface area contributed by atoms with Crippen molar-refractivity contribution in [3.05, 3.63) is 70.7 Å². The summed E-state index contributed by atoms with van der Waals surface area (Å²) in [4.78, 5) is 25.7. The smallest absolute Gasteiger partial charge is 0.344 e. The fourth-order valence-corrected chi connectivity index (χ4v) is 3.46. The first-order chi connectivity index (χ1) is 14.5. The summed E-state index contributed by atoms with van der Waals surface area (Å²) in [7, 11) is 3.25. The monoisotopic (exact) mass is 471 g/mol. The topological polar surface area (TPSA) is 65.1 Å². The zero-order valence-corrected chi connectivity index (χ0v) is 18.3. The summed E-state index contributed by atoms with van der Waals surface area (Å²) in [5.74, 6) is 0.376. The van der Waals surface area contributed by atoms with Gasteiger partial charge in [0.2, 0.25) is 0 Å². The molecule has 156 valence electrons. The van der Waals surface area contributed by atoms with Crippen LogP contribution in [0.5, 0.6) is 11.5 Å². The van der Waals surface area contributed by atoms with Gasteiger partial charge >= 0.3 is 5.97 Å². The number of esters is 1. The lowest BCUT2D eigenvalue weighted by molar-refractivity contribution is -0.153. The fourth-order valence-electron chi connectivity index (χ4n) is 2.85. The first-order valence-electron chi connectivity index (χ1n) is 9.30. The van der Waals surface area contributed by atoms with E-state index < -0.39 is 5.97 Å². The van der Waals surface area contributed by atoms with Crippen molar-refractivity contribution in [1.82, 2.24) is 4.90 Å². The van der Waals surface area contributed by atoms with Gasteiger partial charge in [0, 0.05) is 13.6 Å². The highest BCUT2D eigenvalue weighted by Crippen LogP contribution is 2.32. The summed E-state index contributed by atoms with van der Waals surface area (Å²) in [6.07, 6.45) is 0. The Balaban J connectivity index is 1.47. The Kier molecular flexibility index (Phi) is 7.30. The number of ether oxygens (including phenoxy) is 3. The molecule has 7 heteroatoms. The van der Waals surface area contributed by atoms with Gasteiger partial charge in [-0.2, -0.15) is 0 Å². The first-order valence-corrected chi connectivity index (χ1v) is 10.1. The summed E-state index contributed by atoms with van der Waals surface area (Å²) in [6, 6.07) is 19.0. The van der Waals surface area contributed by atoms with Crippen LogP contribution < -0.4 is 9.47 Å². The fraction of sp³-hybridized carbons (Fsp3) is 0.217. The van der Waals surface area contributed by atoms with Gasteiger partial charge in [-0.15, -0.1) is 0 Å². The van der Waals surface area contributed by atoms with Crippen LogP contribution in [0.3, 0.4) is 0 Å². The van der Waals surface area contributed by atoms with E-state index in [1.165, 1.54) is 4.90 Å². The number of hydrogen-bond donors (Lipinski definition) is 0. The Bertz CT molecular complexity index is 1040. The van der Waals surface area contributed by atoms with Gasteiger partial charge in [0.1, 0.15) is 11.5 Å². The molecule has 0 unspecified atom stereocenters. The van der Waals surface area contributed by atoms with Crippen LogP contribution in [0.1, 0.15) is 5.56 Å². The zero-order valence-electron chi connectivity index (χ0n) is 16.8. The molecular weight excluding hydrogens is 450 g/mol. The molecule has 0 saturated carbocycles. The number of carbonyl (C=O) groups is 2. The minimum atomic E-state index is -0.610. The molecule has 30 heavy (non-hydrogen) atoms. The molecule has 0 heterocycles. The average molecular weight is 472 g/mol. The molecule has 0 aliphatic carbocycles. The number of methoxy groups -OCH3 is 1. The summed E-state index contributed by atoms with van der Waals surface area (Å²) in [6.45, 7) is -0.221. The van der Waals surface area contributed by atoms with Crippen molar-refractivity contribution in [3.8, 4) is 11.5 Å². The van der Waals surface area contributed by atoms with Crippen LogP contribution in [0.25, 0.3) is 10.8 Å². The molecule has 0 spiro atoms. The number of halogens is 1. The van der Waals surface area contributed by atoms with Gasteiger partial charge in [0.05, 0.1) is 11.6 Å². The van der Waals surface area contributed by atoms with Gasteiger partial charge in [-0.05, 0) is 50.5 Å². The third-order valence-electron chi connectivity index (χ3n) is 4.53. The van der Waals surface area contributed by atoms with E-state index in [4.69, 9.17) is 14.2 Å². The van der Waals surface area contributed by atoms with Crippen LogP contribution in [0, 0.1) is 0 Å². The van der Waals surface area contributed by atoms with Crippen LogP contribution in [-0.4, -0.2) is 44.1 Å². The van der Waals surface area contributed by atoms with Crippen LogP contribution in [-0.2, 0) is 20.9 Å². The maximum Gasteiger partial charge on any atom is 0.344 e. The Morgan fingerprint density at radius 2 is 1.70 bits per heavy atom. The summed E-state index contributed by atoms with van der Waals surface area (Å²) in [5, 5.41) is 2.04. The third-order valence-corrected chi connectivity index (χ3v) is 5.35. The van der Waals surface area contributed by atoms with E-state index >= 15 is 0 Å². The van der Waals surface area contributed by atoms with Gasteiger partial charge < -0.3 is 19.1 Å². The molecule has 1 amide bonds. The lowest BCUT2D eigenvalue weighted by Crippen LogP contribution is -2.31. The average Bonchev–Trinajstić information content (AvgIpc) is 2.77. The Labute approximate surface area is 183 Å². The number of rotatable bonds is 8. The quantitative estimate of drug-likeness (QED) is 0.460. The lowest BCUT2D eigenvalue weighted by Gasteiger charge is -2.17. The molecule has 0 N–H and O–H groups in total. The van der Waals surface area contributed by atoms with Crippen molar-refractivity contribution >= 4 is 38.6 Å². The Morgan fingerprint density at radius 1 is 0.967 bits per heavy atom. The van der Waals surface area contributed by atoms with Crippen molar-refractivity contribution in [2.45, 2.75) is 6.54 Å². The molecule has 3 aromatic rings. The van der Waals surface area contributed by atoms with Crippen molar-refractivity contribution in [2.24, 2.45) is 0 Å². The van der Waals surface area contributed by atoms with Gasteiger partial charge in [-0.25, -0.2) is 4.79 Å². The molecule has 0 fully saturated rings. The highest BCUT2D eigenvalue weighted by atomic mass is 79.9. The van der Waals surface area contributed by atoms with Crippen LogP contribution in [0.4, 0.5) is 0 Å². The lowest BCUT2D eigenvalue weighted by atomic mass is 10.1. The van der Waals surface area contributed by atoms with Crippen molar-refractivity contribution in [3.63, 3.8) is 0 Å². The van der Waals surface area contributed by atoms with Crippen molar-refractivity contribution < 1.29 is 23.8 Å². The molecule has 0 bridgehead atoms. The molecule has 6 nitrogen and oxygen atoms in total. The number of nitrogens with zero attached hydrogens (tertiary/aromatic N) is 1. The number of fused-ring (bicyclic) bond motifs is 1. The number of hydrogen-bond acceptors (Lipinski definition) is 5. The largest absolute Gasteiger partial charge is 0.497 e. The SMILES string of the molecule is COc1ccc(CN(C)C(=O)COC(=O)COc2ccc3ccccc3c2Br)cc1. The molecule has 3 rings (SSSR count). The second-order valence-corrected chi connectivity index (χ2v) is 7.44. The number of carbonyl (C=O) groups excluding carboxylic acids is 2. The van der Waals surface area contributed by atoms with Gasteiger partial charge in [-0.1, -0.05) is 42.5 Å². The first kappa shape index (κ1) is 21.6. The second kappa shape index (κ2) is 10.1. The van der Waals surface area contributed by atoms with E-state index in [9.17, 15) is 9.59 Å². The predicted octanol–water partition coefficient (Wildman–Crippen LogP) is 4.19. The van der Waals surface area contributed by atoms with Gasteiger partial charge in [0.25, 0.3) is 5.91 Å². The molecule has 3 aromatic carbocycles. The third kappa shape index (κ3) is 5.51. The standard InChI is InChI=1S/C23H22BrNO5/c1-25(13-16-7-10-18(28-2)11-8-16)21(26)14-30-22(27)15-29-20-12-9-17-5-3-4-6-19(17)23(20)24/h3-12H,13-15H2,1-2H3. The maximum atomic E-state index is 12.2. The van der Waals surface area contributed by atoms with E-state index in [1.807, 2.05) is 54.6 Å². The molecule has 0 aromatic heterocycles. The van der Waals surface area contributed by atoms with E-state index in [1.54, 1.807) is 20.2 Å². The molecular formula is C23H22BrNO5. The van der Waals surface area contributed by atoms with E-state index in [2.05, 4.69) is 15.9 Å². The van der Waals surface area contributed by atoms with Crippen molar-refractivity contribution in [2.75, 3.05) is 27.4 Å². The normalized spacial score (nSPS) is 10.5. The molecule has 0 radical (unpaired) electrons. The zero-order chi connectivity index (χ0) is 21.5. The second-order valence-electron chi connectivity index (χ2n) is 6.65. The number of benzene rings is 3. The maximum absolute atomic E-state index is 12.2. The highest BCUT2D eigenvalue weighted by Gasteiger charge is 2.14. The van der Waals surface area contributed by atoms with Crippen molar-refractivity contribution in [1.29, 1.82) is 0 Å². The van der Waals surface area contributed by atoms with Gasteiger partial charge in [0.15, 0.2) is 13.2 Å². The summed E-state index contributed by atoms with van der Waals surface area (Å²) < 4.78 is 16.5. The van der Waals surface area contributed by atoms with Crippen LogP contribution >= 0.6 is 15.9 Å².